The molecule has 7 fully saturated rings. The minimum Gasteiger partial charge on any atom is -0.354 e. The van der Waals surface area contributed by atoms with Crippen LogP contribution < -0.4 is 39.2 Å². The lowest BCUT2D eigenvalue weighted by Crippen LogP contribution is -2.77. The maximum absolute atomic E-state index is 2.61. The van der Waals surface area contributed by atoms with Crippen LogP contribution >= 0.6 is 0 Å². The summed E-state index contributed by atoms with van der Waals surface area (Å²) >= 11 is 0. The highest BCUT2D eigenvalue weighted by atomic mass is 15.6. The predicted octanol–water partition coefficient (Wildman–Crippen LogP) is 17.3. The Kier molecular flexibility index (Phi) is 27.5. The highest BCUT2D eigenvalue weighted by Gasteiger charge is 2.55. The lowest BCUT2D eigenvalue weighted by atomic mass is 9.72. The van der Waals surface area contributed by atoms with E-state index in [-0.39, 0.29) is 6.17 Å². The topological polar surface area (TPSA) is 83.1 Å². The van der Waals surface area contributed by atoms with Crippen molar-refractivity contribution < 1.29 is 0 Å². The first-order chi connectivity index (χ1) is 61.4. The zero-order valence-electron chi connectivity index (χ0n) is 79.6. The van der Waals surface area contributed by atoms with Gasteiger partial charge in [-0.3, -0.25) is 34.3 Å². The minimum atomic E-state index is 0.216. The Bertz CT molecular complexity index is 5540. The number of para-hydroxylation sites is 4. The molecule has 0 amide bonds. The van der Waals surface area contributed by atoms with Gasteiger partial charge in [0, 0.05) is 212 Å². The molecular formula is C105H144N22. The Morgan fingerprint density at radius 1 is 0.291 bits per heavy atom. The molecule has 0 N–H and O–H groups in total. The molecule has 0 aliphatic carbocycles. The molecule has 0 saturated carbocycles. The number of anilines is 10. The molecule has 11 aliphatic rings. The Morgan fingerprint density at radius 2 is 0.717 bits per heavy atom. The molecule has 0 radical (unpaired) electrons. The van der Waals surface area contributed by atoms with E-state index in [1.165, 1.54) is 162 Å². The Hall–Kier alpha value is -10.8. The third-order valence-electron chi connectivity index (χ3n) is 29.8. The van der Waals surface area contributed by atoms with Crippen LogP contribution in [0.5, 0.6) is 0 Å². The van der Waals surface area contributed by atoms with Crippen LogP contribution in [0.3, 0.4) is 0 Å². The number of likely N-dealkylation sites (N-methyl/N-ethyl adjacent to an activating group) is 1. The molecule has 22 nitrogen and oxygen atoms in total. The fraction of sp³-hybridized carbons (Fsp3) is 0.448. The van der Waals surface area contributed by atoms with Gasteiger partial charge in [0.25, 0.3) is 0 Å². The molecule has 11 aliphatic heterocycles. The molecule has 674 valence electrons. The Morgan fingerprint density at radius 3 is 1.27 bits per heavy atom. The van der Waals surface area contributed by atoms with Crippen LogP contribution in [0.15, 0.2) is 250 Å². The Balaban J connectivity index is 0.000000109. The van der Waals surface area contributed by atoms with Crippen molar-refractivity contribution in [3.05, 3.63) is 278 Å². The van der Waals surface area contributed by atoms with E-state index in [1.807, 2.05) is 0 Å². The van der Waals surface area contributed by atoms with E-state index in [1.54, 1.807) is 0 Å². The first-order valence-electron chi connectivity index (χ1n) is 46.7. The second kappa shape index (κ2) is 39.0. The molecule has 22 heteroatoms. The van der Waals surface area contributed by atoms with Gasteiger partial charge in [0.2, 0.25) is 0 Å². The van der Waals surface area contributed by atoms with Crippen LogP contribution in [0, 0.1) is 0 Å². The van der Waals surface area contributed by atoms with Gasteiger partial charge < -0.3 is 71.2 Å². The summed E-state index contributed by atoms with van der Waals surface area (Å²) in [5.41, 5.74) is 15.3. The summed E-state index contributed by atoms with van der Waals surface area (Å²) in [4.78, 5) is 37.2. The minimum absolute atomic E-state index is 0.216. The van der Waals surface area contributed by atoms with Crippen molar-refractivity contribution in [1.29, 1.82) is 0 Å². The molecule has 11 unspecified atom stereocenters. The van der Waals surface area contributed by atoms with Crippen molar-refractivity contribution in [3.8, 4) is 11.1 Å². The third-order valence-corrected chi connectivity index (χ3v) is 29.8. The van der Waals surface area contributed by atoms with Crippen LogP contribution in [-0.2, 0) is 80.7 Å². The number of hydrogen-bond acceptors (Lipinski definition) is 15. The normalized spacial score (nSPS) is 25.3. The maximum atomic E-state index is 2.61. The number of hydrogen-bond donors (Lipinski definition) is 0. The summed E-state index contributed by atoms with van der Waals surface area (Å²) < 4.78 is 15.5. The fourth-order valence-electron chi connectivity index (χ4n) is 21.8. The SMILES string of the molecule is CC1N(C)CCCCN1c1cccn1C.CC1N(C)CCc2ccccc2N1c1cccn1C.CC1N(C)Cc2ccccc2CN1c1cccn1C.CC1N(C)c2ccccc2-c2ccccc2N1c1cccn1C.CC1N(C)c2ccccc2CCN1c1cccn1C.CC1N2CCCC(C2)N1c1cccn1C.CC1N2CN3CN(C2)CC1(c1cccn1C)C3. The highest BCUT2D eigenvalue weighted by Crippen LogP contribution is 2.47. The van der Waals surface area contributed by atoms with Crippen molar-refractivity contribution in [3.63, 3.8) is 0 Å². The van der Waals surface area contributed by atoms with E-state index in [4.69, 9.17) is 0 Å². The average Bonchev–Trinajstić information content (AvgIpc) is 1.63. The van der Waals surface area contributed by atoms with E-state index in [2.05, 4.69) is 488 Å². The summed E-state index contributed by atoms with van der Waals surface area (Å²) in [6.45, 7) is 31.1. The lowest BCUT2D eigenvalue weighted by Gasteiger charge is -2.64. The van der Waals surface area contributed by atoms with Gasteiger partial charge in [-0.2, -0.15) is 0 Å². The molecule has 0 spiro atoms. The monoisotopic (exact) mass is 1710 g/mol. The Labute approximate surface area is 759 Å². The summed E-state index contributed by atoms with van der Waals surface area (Å²) in [7, 11) is 25.8. The highest BCUT2D eigenvalue weighted by molar-refractivity contribution is 5.91. The standard InChI is InChI=1S/C20H21N3.3C16H21N3.C13H20N4.C12H19N3.C12H21N3/c1-15-22(3)18-11-6-4-9-16(18)17-10-5-7-12-19(17)23(15)20-13-8-14-21(20)2;1-13-17(2)12-10-14-7-4-5-8-15(14)19(13)16-9-6-11-18(16)3;1-13-18(3)15-8-5-4-7-14(15)10-12-19(13)16-9-6-11-17(16)2;1-13-18(3)11-14-7-4-5-8-15(14)12-19(13)16-9-6-10-17(16)2;1-11-13(12-4-3-5-14(12)2)6-15-8-16(7-13)10-17(11)9-15;1-10-14-8-3-5-11(9-14)15(10)12-6-4-7-13(12)2;1-11-13(2)8-4-5-10-15(11)12-7-6-9-14(12)3/h4-15H,1-3H3;2*4-9,11,13H,10,12H2,1-3H3;4-10,13H,11-12H2,1-3H3;3-5,11H,6-10H2,1-2H3;4,6-7,10-11H,3,5,8-9H2,1-2H3;6-7,9,11H,4-5,8,10H2,1-3H3. The van der Waals surface area contributed by atoms with E-state index in [0.717, 1.165) is 65.1 Å². The second-order valence-electron chi connectivity index (χ2n) is 37.5. The maximum Gasteiger partial charge on any atom is 0.114 e. The first kappa shape index (κ1) is 89.6. The van der Waals surface area contributed by atoms with Crippen molar-refractivity contribution in [1.82, 2.24) is 66.3 Å². The van der Waals surface area contributed by atoms with Crippen LogP contribution in [0.2, 0.25) is 0 Å². The molecule has 7 aromatic heterocycles. The van der Waals surface area contributed by atoms with E-state index in [0.29, 0.717) is 42.3 Å². The van der Waals surface area contributed by atoms with Gasteiger partial charge in [-0.1, -0.05) is 97.1 Å². The molecule has 12 aromatic rings. The van der Waals surface area contributed by atoms with Crippen LogP contribution in [-0.4, -0.2) is 223 Å². The summed E-state index contributed by atoms with van der Waals surface area (Å²) in [5, 5.41) is 0. The summed E-state index contributed by atoms with van der Waals surface area (Å²) in [5.74, 6) is 7.70. The molecule has 127 heavy (non-hydrogen) atoms. The first-order valence-corrected chi connectivity index (χ1v) is 46.7. The van der Waals surface area contributed by atoms with Gasteiger partial charge in [-0.25, -0.2) is 0 Å². The molecule has 18 heterocycles. The van der Waals surface area contributed by atoms with Gasteiger partial charge in [-0.05, 0) is 246 Å². The molecule has 23 rings (SSSR count). The number of aromatic nitrogens is 7. The molecular weight excluding hydrogens is 1570 g/mol. The number of benzene rings is 5. The largest absolute Gasteiger partial charge is 0.354 e. The number of nitrogens with zero attached hydrogens (tertiary/aromatic N) is 22. The van der Waals surface area contributed by atoms with E-state index >= 15 is 0 Å². The quantitative estimate of drug-likeness (QED) is 0.152. The van der Waals surface area contributed by atoms with Gasteiger partial charge in [0.15, 0.2) is 0 Å². The molecule has 11 atom stereocenters. The zero-order valence-corrected chi connectivity index (χ0v) is 79.6. The van der Waals surface area contributed by atoms with Gasteiger partial charge in [0.1, 0.15) is 41.1 Å². The number of rotatable bonds is 7. The smallest absolute Gasteiger partial charge is 0.114 e. The lowest BCUT2D eigenvalue weighted by molar-refractivity contribution is -0.173. The fourth-order valence-corrected chi connectivity index (χ4v) is 21.8. The second-order valence-corrected chi connectivity index (χ2v) is 37.5. The molecule has 6 bridgehead atoms. The van der Waals surface area contributed by atoms with Gasteiger partial charge >= 0.3 is 0 Å². The van der Waals surface area contributed by atoms with E-state index < -0.39 is 0 Å². The van der Waals surface area contributed by atoms with Crippen LogP contribution in [0.1, 0.15) is 102 Å². The summed E-state index contributed by atoms with van der Waals surface area (Å²) in [6, 6.07) is 75.3. The van der Waals surface area contributed by atoms with Crippen molar-refractivity contribution in [2.24, 2.45) is 49.3 Å². The number of piperidine rings is 1. The number of fused-ring (bicyclic) bond motifs is 8. The predicted molar refractivity (Wildman–Crippen MR) is 529 cm³/mol. The third kappa shape index (κ3) is 18.4. The number of aryl methyl sites for hydroxylation is 7. The van der Waals surface area contributed by atoms with Crippen molar-refractivity contribution in [2.45, 2.75) is 155 Å². The van der Waals surface area contributed by atoms with Gasteiger partial charge in [-0.15, -0.1) is 0 Å². The molecule has 5 aromatic carbocycles. The zero-order chi connectivity index (χ0) is 89.1. The van der Waals surface area contributed by atoms with Crippen molar-refractivity contribution >= 4 is 57.7 Å². The van der Waals surface area contributed by atoms with Crippen LogP contribution in [0.25, 0.3) is 11.1 Å². The van der Waals surface area contributed by atoms with Crippen molar-refractivity contribution in [2.75, 3.05) is 147 Å². The molecule has 7 saturated heterocycles. The summed E-state index contributed by atoms with van der Waals surface area (Å²) in [6.07, 6.45) is 24.8. The van der Waals surface area contributed by atoms with Crippen LogP contribution in [0.4, 0.5) is 57.7 Å². The average molecular weight is 1710 g/mol. The van der Waals surface area contributed by atoms with E-state index in [9.17, 15) is 0 Å². The van der Waals surface area contributed by atoms with Gasteiger partial charge in [0.05, 0.1) is 61.9 Å².